The summed E-state index contributed by atoms with van der Waals surface area (Å²) in [6, 6.07) is 8.47. The van der Waals surface area contributed by atoms with Gasteiger partial charge in [-0.2, -0.15) is 0 Å². The maximum Gasteiger partial charge on any atom is 0.263 e. The Hall–Kier alpha value is -0.960. The molecule has 2 aromatic rings. The van der Waals surface area contributed by atoms with Gasteiger partial charge < -0.3 is 5.73 Å². The van der Waals surface area contributed by atoms with Crippen molar-refractivity contribution in [3.63, 3.8) is 0 Å². The fourth-order valence-corrected chi connectivity index (χ4v) is 4.34. The van der Waals surface area contributed by atoms with Crippen LogP contribution in [0.5, 0.6) is 0 Å². The number of rotatable bonds is 4. The van der Waals surface area contributed by atoms with Crippen LogP contribution in [0.15, 0.2) is 50.2 Å². The minimum absolute atomic E-state index is 0.0517. The van der Waals surface area contributed by atoms with E-state index < -0.39 is 15.8 Å². The van der Waals surface area contributed by atoms with E-state index in [4.69, 9.17) is 5.73 Å². The Labute approximate surface area is 138 Å². The number of benzene rings is 2. The third-order valence-electron chi connectivity index (χ3n) is 2.69. The van der Waals surface area contributed by atoms with E-state index in [1.165, 1.54) is 18.2 Å². The smallest absolute Gasteiger partial charge is 0.263 e. The van der Waals surface area contributed by atoms with Gasteiger partial charge >= 0.3 is 0 Å². The molecule has 0 saturated carbocycles. The van der Waals surface area contributed by atoms with Crippen molar-refractivity contribution >= 4 is 47.6 Å². The second kappa shape index (κ2) is 6.43. The van der Waals surface area contributed by atoms with E-state index in [0.29, 0.717) is 15.5 Å². The third kappa shape index (κ3) is 3.82. The molecule has 0 heterocycles. The predicted molar refractivity (Wildman–Crippen MR) is 86.9 cm³/mol. The van der Waals surface area contributed by atoms with Gasteiger partial charge in [-0.1, -0.05) is 6.07 Å². The molecular weight excluding hydrogens is 427 g/mol. The Kier molecular flexibility index (Phi) is 5.03. The Morgan fingerprint density at radius 2 is 1.81 bits per heavy atom. The van der Waals surface area contributed by atoms with Crippen LogP contribution in [-0.2, 0) is 16.6 Å². The van der Waals surface area contributed by atoms with Gasteiger partial charge in [-0.3, -0.25) is 4.72 Å². The summed E-state index contributed by atoms with van der Waals surface area (Å²) in [6.45, 7) is 0.307. The van der Waals surface area contributed by atoms with Gasteiger partial charge in [0.2, 0.25) is 0 Å². The molecule has 3 N–H and O–H groups in total. The highest BCUT2D eigenvalue weighted by Crippen LogP contribution is 2.29. The molecular formula is C13H11Br2FN2O2S. The van der Waals surface area contributed by atoms with Gasteiger partial charge in [-0.15, -0.1) is 0 Å². The van der Waals surface area contributed by atoms with Gasteiger partial charge in [-0.25, -0.2) is 12.8 Å². The largest absolute Gasteiger partial charge is 0.326 e. The van der Waals surface area contributed by atoms with Crippen molar-refractivity contribution in [3.8, 4) is 0 Å². The maximum atomic E-state index is 13.2. The highest BCUT2D eigenvalue weighted by Gasteiger charge is 2.19. The van der Waals surface area contributed by atoms with E-state index >= 15 is 0 Å². The summed E-state index contributed by atoms with van der Waals surface area (Å²) in [5, 5.41) is 0. The number of hydrogen-bond donors (Lipinski definition) is 2. The number of nitrogens with two attached hydrogens (primary N) is 1. The van der Waals surface area contributed by atoms with Crippen molar-refractivity contribution in [2.24, 2.45) is 5.73 Å². The van der Waals surface area contributed by atoms with Crippen LogP contribution in [-0.4, -0.2) is 8.42 Å². The van der Waals surface area contributed by atoms with Gasteiger partial charge in [0.05, 0.1) is 5.69 Å². The molecule has 0 saturated heterocycles. The summed E-state index contributed by atoms with van der Waals surface area (Å²) in [7, 11) is -3.84. The number of anilines is 1. The Morgan fingerprint density at radius 3 is 2.43 bits per heavy atom. The third-order valence-corrected chi connectivity index (χ3v) is 5.73. The summed E-state index contributed by atoms with van der Waals surface area (Å²) in [6.07, 6.45) is 0. The minimum atomic E-state index is -3.84. The van der Waals surface area contributed by atoms with Gasteiger partial charge in [0.1, 0.15) is 10.7 Å². The molecule has 0 aliphatic carbocycles. The van der Waals surface area contributed by atoms with Crippen LogP contribution >= 0.6 is 31.9 Å². The highest BCUT2D eigenvalue weighted by atomic mass is 79.9. The quantitative estimate of drug-likeness (QED) is 0.767. The van der Waals surface area contributed by atoms with Crippen molar-refractivity contribution in [1.82, 2.24) is 0 Å². The predicted octanol–water partition coefficient (Wildman–Crippen LogP) is 3.61. The fraction of sp³-hybridized carbons (Fsp3) is 0.0769. The second-order valence-corrected chi connectivity index (χ2v) is 7.56. The van der Waals surface area contributed by atoms with Gasteiger partial charge in [0.25, 0.3) is 10.0 Å². The van der Waals surface area contributed by atoms with Crippen LogP contribution < -0.4 is 10.5 Å². The molecule has 0 aliphatic rings. The van der Waals surface area contributed by atoms with Crippen LogP contribution in [0.1, 0.15) is 5.56 Å². The van der Waals surface area contributed by atoms with Crippen LogP contribution in [0, 0.1) is 5.82 Å². The molecule has 0 atom stereocenters. The number of nitrogens with one attached hydrogen (secondary N) is 1. The van der Waals surface area contributed by atoms with E-state index in [1.807, 2.05) is 0 Å². The molecule has 2 aromatic carbocycles. The van der Waals surface area contributed by atoms with Crippen molar-refractivity contribution < 1.29 is 12.8 Å². The monoisotopic (exact) mass is 436 g/mol. The first-order valence-electron chi connectivity index (χ1n) is 5.80. The molecule has 0 aliphatic heterocycles. The molecule has 0 radical (unpaired) electrons. The average Bonchev–Trinajstić information content (AvgIpc) is 2.42. The van der Waals surface area contributed by atoms with Gasteiger partial charge in [0.15, 0.2) is 0 Å². The molecule has 112 valence electrons. The summed E-state index contributed by atoms with van der Waals surface area (Å²) in [5.41, 5.74) is 6.43. The van der Waals surface area contributed by atoms with Crippen LogP contribution in [0.25, 0.3) is 0 Å². The summed E-state index contributed by atoms with van der Waals surface area (Å²) in [5.74, 6) is -0.534. The standard InChI is InChI=1S/C13H11Br2FN2O2S/c14-10-3-2-9(16)6-12(10)18-21(19,20)13-4-1-8(7-17)5-11(13)15/h1-6,18H,7,17H2. The first-order valence-corrected chi connectivity index (χ1v) is 8.87. The molecule has 21 heavy (non-hydrogen) atoms. The zero-order valence-electron chi connectivity index (χ0n) is 10.6. The lowest BCUT2D eigenvalue weighted by molar-refractivity contribution is 0.600. The normalized spacial score (nSPS) is 11.4. The maximum absolute atomic E-state index is 13.2. The van der Waals surface area contributed by atoms with E-state index in [0.717, 1.165) is 11.6 Å². The Morgan fingerprint density at radius 1 is 1.10 bits per heavy atom. The first-order chi connectivity index (χ1) is 9.83. The molecule has 0 spiro atoms. The van der Waals surface area contributed by atoms with E-state index in [2.05, 4.69) is 36.6 Å². The second-order valence-electron chi connectivity index (χ2n) is 4.20. The van der Waals surface area contributed by atoms with Crippen LogP contribution in [0.2, 0.25) is 0 Å². The van der Waals surface area contributed by atoms with Crippen LogP contribution in [0.4, 0.5) is 10.1 Å². The molecule has 0 bridgehead atoms. The minimum Gasteiger partial charge on any atom is -0.326 e. The van der Waals surface area contributed by atoms with E-state index in [9.17, 15) is 12.8 Å². The zero-order chi connectivity index (χ0) is 15.6. The zero-order valence-corrected chi connectivity index (χ0v) is 14.6. The van der Waals surface area contributed by atoms with E-state index in [-0.39, 0.29) is 10.6 Å². The molecule has 4 nitrogen and oxygen atoms in total. The Bertz CT molecular complexity index is 782. The lowest BCUT2D eigenvalue weighted by Crippen LogP contribution is -2.14. The lowest BCUT2D eigenvalue weighted by Gasteiger charge is -2.12. The number of sulfonamides is 1. The molecule has 0 fully saturated rings. The highest BCUT2D eigenvalue weighted by molar-refractivity contribution is 9.11. The number of halogens is 3. The van der Waals surface area contributed by atoms with Crippen molar-refractivity contribution in [3.05, 3.63) is 56.7 Å². The SMILES string of the molecule is NCc1ccc(S(=O)(=O)Nc2cc(F)ccc2Br)c(Br)c1. The molecule has 8 heteroatoms. The van der Waals surface area contributed by atoms with Crippen molar-refractivity contribution in [2.75, 3.05) is 4.72 Å². The van der Waals surface area contributed by atoms with Gasteiger partial charge in [0, 0.05) is 15.5 Å². The lowest BCUT2D eigenvalue weighted by atomic mass is 10.2. The molecule has 0 amide bonds. The van der Waals surface area contributed by atoms with Gasteiger partial charge in [-0.05, 0) is 67.8 Å². The van der Waals surface area contributed by atoms with Crippen LogP contribution in [0.3, 0.4) is 0 Å². The van der Waals surface area contributed by atoms with E-state index in [1.54, 1.807) is 12.1 Å². The van der Waals surface area contributed by atoms with Crippen molar-refractivity contribution in [2.45, 2.75) is 11.4 Å². The molecule has 0 aromatic heterocycles. The Balaban J connectivity index is 2.41. The molecule has 2 rings (SSSR count). The topological polar surface area (TPSA) is 72.2 Å². The first kappa shape index (κ1) is 16.4. The number of hydrogen-bond acceptors (Lipinski definition) is 3. The fourth-order valence-electron chi connectivity index (χ4n) is 1.66. The molecule has 0 unspecified atom stereocenters. The summed E-state index contributed by atoms with van der Waals surface area (Å²) >= 11 is 6.38. The average molecular weight is 438 g/mol. The summed E-state index contributed by atoms with van der Waals surface area (Å²) in [4.78, 5) is 0.0517. The summed E-state index contributed by atoms with van der Waals surface area (Å²) < 4.78 is 41.2. The van der Waals surface area contributed by atoms with Crippen molar-refractivity contribution in [1.29, 1.82) is 0 Å².